The van der Waals surface area contributed by atoms with Gasteiger partial charge in [0.2, 0.25) is 4.96 Å². The van der Waals surface area contributed by atoms with E-state index in [-0.39, 0.29) is 11.7 Å². The number of nitro benzene ring substituents is 1. The van der Waals surface area contributed by atoms with E-state index in [0.29, 0.717) is 16.3 Å². The maximum Gasteiger partial charge on any atom is 0.270 e. The Morgan fingerprint density at radius 1 is 1.41 bits per heavy atom. The maximum absolute atomic E-state index is 10.9. The highest BCUT2D eigenvalue weighted by atomic mass is 32.1. The van der Waals surface area contributed by atoms with Gasteiger partial charge in [-0.05, 0) is 19.4 Å². The minimum atomic E-state index is -0.420. The molecule has 0 saturated carbocycles. The largest absolute Gasteiger partial charge is 0.308 e. The fourth-order valence-corrected chi connectivity index (χ4v) is 3.55. The average molecular weight is 316 g/mol. The molecule has 1 aromatic carbocycles. The summed E-state index contributed by atoms with van der Waals surface area (Å²) in [6.07, 6.45) is 2.21. The van der Waals surface area contributed by atoms with Crippen LogP contribution in [0.4, 0.5) is 5.69 Å². The molecule has 1 aliphatic rings. The third-order valence-electron chi connectivity index (χ3n) is 3.68. The number of benzene rings is 1. The number of non-ortho nitro benzene ring substituents is 1. The van der Waals surface area contributed by atoms with Crippen molar-refractivity contribution in [3.8, 4) is 11.4 Å². The summed E-state index contributed by atoms with van der Waals surface area (Å²) in [7, 11) is 0. The van der Waals surface area contributed by atoms with E-state index < -0.39 is 4.92 Å². The van der Waals surface area contributed by atoms with Crippen molar-refractivity contribution >= 4 is 22.0 Å². The minimum absolute atomic E-state index is 0.0298. The van der Waals surface area contributed by atoms with E-state index >= 15 is 0 Å². The van der Waals surface area contributed by atoms with E-state index in [1.165, 1.54) is 23.5 Å². The van der Waals surface area contributed by atoms with Gasteiger partial charge in [-0.2, -0.15) is 9.61 Å². The molecule has 0 aliphatic carbocycles. The molecule has 0 spiro atoms. The van der Waals surface area contributed by atoms with Crippen LogP contribution in [0.2, 0.25) is 0 Å². The van der Waals surface area contributed by atoms with Crippen LogP contribution in [-0.2, 0) is 0 Å². The van der Waals surface area contributed by atoms with Gasteiger partial charge < -0.3 is 5.32 Å². The zero-order valence-electron chi connectivity index (χ0n) is 11.5. The van der Waals surface area contributed by atoms with Crippen molar-refractivity contribution in [1.29, 1.82) is 0 Å². The van der Waals surface area contributed by atoms with Crippen LogP contribution in [0.5, 0.6) is 0 Å². The van der Waals surface area contributed by atoms with Gasteiger partial charge in [-0.1, -0.05) is 23.5 Å². The lowest BCUT2D eigenvalue weighted by Crippen LogP contribution is -2.12. The van der Waals surface area contributed by atoms with E-state index in [1.807, 2.05) is 0 Å². The van der Waals surface area contributed by atoms with Gasteiger partial charge in [0.1, 0.15) is 5.01 Å². The van der Waals surface area contributed by atoms with E-state index in [1.54, 1.807) is 16.6 Å². The second-order valence-corrected chi connectivity index (χ2v) is 6.10. The van der Waals surface area contributed by atoms with Crippen molar-refractivity contribution in [3.05, 3.63) is 39.4 Å². The Bertz CT molecular complexity index is 851. The SMILES string of the molecule is O=[N+]([O-])c1cccc(-c2nnc3sc([C@@H]4CCCN4)nn23)c1. The van der Waals surface area contributed by atoms with Gasteiger partial charge >= 0.3 is 0 Å². The molecule has 1 saturated heterocycles. The lowest BCUT2D eigenvalue weighted by Gasteiger charge is -2.03. The Morgan fingerprint density at radius 2 is 2.32 bits per heavy atom. The molecule has 1 aliphatic heterocycles. The molecule has 22 heavy (non-hydrogen) atoms. The van der Waals surface area contributed by atoms with Crippen LogP contribution >= 0.6 is 11.3 Å². The zero-order chi connectivity index (χ0) is 15.1. The summed E-state index contributed by atoms with van der Waals surface area (Å²) < 4.78 is 1.67. The summed E-state index contributed by atoms with van der Waals surface area (Å²) in [6, 6.07) is 6.63. The summed E-state index contributed by atoms with van der Waals surface area (Å²) in [6.45, 7) is 1.00. The molecule has 1 atom stereocenters. The lowest BCUT2D eigenvalue weighted by molar-refractivity contribution is -0.384. The van der Waals surface area contributed by atoms with Gasteiger partial charge in [0.25, 0.3) is 5.69 Å². The predicted octanol–water partition coefficient (Wildman–Crippen LogP) is 2.19. The van der Waals surface area contributed by atoms with Crippen molar-refractivity contribution in [3.63, 3.8) is 0 Å². The van der Waals surface area contributed by atoms with E-state index in [4.69, 9.17) is 0 Å². The molecule has 8 nitrogen and oxygen atoms in total. The highest BCUT2D eigenvalue weighted by Crippen LogP contribution is 2.29. The third kappa shape index (κ3) is 2.14. The van der Waals surface area contributed by atoms with E-state index in [9.17, 15) is 10.1 Å². The molecular weight excluding hydrogens is 304 g/mol. The highest BCUT2D eigenvalue weighted by Gasteiger charge is 2.22. The van der Waals surface area contributed by atoms with Gasteiger partial charge in [0.05, 0.1) is 11.0 Å². The molecule has 4 rings (SSSR count). The number of hydrogen-bond donors (Lipinski definition) is 1. The lowest BCUT2D eigenvalue weighted by atomic mass is 10.2. The number of aromatic nitrogens is 4. The first kappa shape index (κ1) is 13.3. The fourth-order valence-electron chi connectivity index (χ4n) is 2.61. The van der Waals surface area contributed by atoms with Gasteiger partial charge in [-0.15, -0.1) is 10.2 Å². The molecule has 0 radical (unpaired) electrons. The smallest absolute Gasteiger partial charge is 0.270 e. The van der Waals surface area contributed by atoms with Crippen molar-refractivity contribution in [1.82, 2.24) is 25.1 Å². The third-order valence-corrected chi connectivity index (χ3v) is 4.69. The number of nitro groups is 1. The molecule has 9 heteroatoms. The summed E-state index contributed by atoms with van der Waals surface area (Å²) in [5, 5.41) is 28.1. The van der Waals surface area contributed by atoms with Crippen LogP contribution in [0.1, 0.15) is 23.9 Å². The van der Waals surface area contributed by atoms with Crippen molar-refractivity contribution in [2.24, 2.45) is 0 Å². The Kier molecular flexibility index (Phi) is 3.09. The summed E-state index contributed by atoms with van der Waals surface area (Å²) in [5.41, 5.74) is 0.667. The molecule has 3 aromatic rings. The molecule has 112 valence electrons. The topological polar surface area (TPSA) is 98.2 Å². The Hall–Kier alpha value is -2.39. The van der Waals surface area contributed by atoms with Gasteiger partial charge in [0.15, 0.2) is 5.82 Å². The molecule has 1 fully saturated rings. The first-order valence-electron chi connectivity index (χ1n) is 6.93. The first-order valence-corrected chi connectivity index (χ1v) is 7.74. The van der Waals surface area contributed by atoms with Crippen molar-refractivity contribution in [2.45, 2.75) is 18.9 Å². The monoisotopic (exact) mass is 316 g/mol. The van der Waals surface area contributed by atoms with Crippen LogP contribution in [0.15, 0.2) is 24.3 Å². The second kappa shape index (κ2) is 5.11. The van der Waals surface area contributed by atoms with Crippen LogP contribution in [-0.4, -0.2) is 31.3 Å². The molecule has 1 N–H and O–H groups in total. The predicted molar refractivity (Wildman–Crippen MR) is 80.7 cm³/mol. The zero-order valence-corrected chi connectivity index (χ0v) is 12.3. The van der Waals surface area contributed by atoms with Crippen LogP contribution in [0.25, 0.3) is 16.3 Å². The molecule has 2 aromatic heterocycles. The molecule has 3 heterocycles. The van der Waals surface area contributed by atoms with Gasteiger partial charge in [0, 0.05) is 17.7 Å². The molecule has 0 bridgehead atoms. The number of nitrogens with one attached hydrogen (secondary N) is 1. The summed E-state index contributed by atoms with van der Waals surface area (Å²) >= 11 is 1.50. The Labute approximate surface area is 128 Å². The molecule has 0 amide bonds. The van der Waals surface area contributed by atoms with E-state index in [2.05, 4.69) is 20.6 Å². The standard InChI is InChI=1S/C13H12N6O2S/c20-19(21)9-4-1-3-8(7-9)11-15-16-13-18(11)17-12(22-13)10-5-2-6-14-10/h1,3-4,7,10,14H,2,5-6H2/t10-/m0/s1. The van der Waals surface area contributed by atoms with Crippen LogP contribution < -0.4 is 5.32 Å². The van der Waals surface area contributed by atoms with Crippen LogP contribution in [0.3, 0.4) is 0 Å². The fraction of sp³-hybridized carbons (Fsp3) is 0.308. The number of rotatable bonds is 3. The van der Waals surface area contributed by atoms with Crippen molar-refractivity contribution in [2.75, 3.05) is 6.54 Å². The number of fused-ring (bicyclic) bond motifs is 1. The molecule has 0 unspecified atom stereocenters. The molecular formula is C13H12N6O2S. The Morgan fingerprint density at radius 3 is 3.09 bits per heavy atom. The van der Waals surface area contributed by atoms with Crippen LogP contribution in [0, 0.1) is 10.1 Å². The summed E-state index contributed by atoms with van der Waals surface area (Å²) in [4.78, 5) is 11.2. The van der Waals surface area contributed by atoms with Crippen molar-refractivity contribution < 1.29 is 4.92 Å². The van der Waals surface area contributed by atoms with Gasteiger partial charge in [-0.25, -0.2) is 0 Å². The number of hydrogen-bond acceptors (Lipinski definition) is 7. The maximum atomic E-state index is 10.9. The van der Waals surface area contributed by atoms with E-state index in [0.717, 1.165) is 24.4 Å². The van der Waals surface area contributed by atoms with Gasteiger partial charge in [-0.3, -0.25) is 10.1 Å². The highest BCUT2D eigenvalue weighted by molar-refractivity contribution is 7.16. The summed E-state index contributed by atoms with van der Waals surface area (Å²) in [5.74, 6) is 0.527. The second-order valence-electron chi connectivity index (χ2n) is 5.11. The average Bonchev–Trinajstić information content (AvgIpc) is 3.23. The first-order chi connectivity index (χ1) is 10.7. The number of nitrogens with zero attached hydrogens (tertiary/aromatic N) is 5. The minimum Gasteiger partial charge on any atom is -0.308 e. The Balaban J connectivity index is 1.78. The normalized spacial score (nSPS) is 18.1. The quantitative estimate of drug-likeness (QED) is 0.587.